The van der Waals surface area contributed by atoms with Crippen LogP contribution in [0.4, 0.5) is 5.69 Å². The molecule has 2 aromatic carbocycles. The van der Waals surface area contributed by atoms with E-state index in [9.17, 15) is 0 Å². The van der Waals surface area contributed by atoms with E-state index in [-0.39, 0.29) is 0 Å². The Morgan fingerprint density at radius 1 is 0.935 bits per heavy atom. The second-order valence-corrected chi connectivity index (χ2v) is 7.71. The van der Waals surface area contributed by atoms with Crippen LogP contribution < -0.4 is 4.90 Å². The number of imidazole rings is 1. The Morgan fingerprint density at radius 2 is 1.65 bits per heavy atom. The van der Waals surface area contributed by atoms with Crippen molar-refractivity contribution in [2.24, 2.45) is 0 Å². The lowest BCUT2D eigenvalue weighted by Crippen LogP contribution is -2.08. The van der Waals surface area contributed by atoms with Gasteiger partial charge in [0.25, 0.3) is 0 Å². The minimum absolute atomic E-state index is 0.839. The van der Waals surface area contributed by atoms with Gasteiger partial charge in [-0.2, -0.15) is 0 Å². The number of anilines is 1. The summed E-state index contributed by atoms with van der Waals surface area (Å²) in [4.78, 5) is 6.53. The number of hydrogen-bond donors (Lipinski definition) is 0. The second-order valence-electron chi connectivity index (χ2n) is 7.71. The van der Waals surface area contributed by atoms with Crippen LogP contribution in [0, 0.1) is 6.92 Å². The number of allylic oxidation sites excluding steroid dienone is 3. The summed E-state index contributed by atoms with van der Waals surface area (Å²) in [6.07, 6.45) is 11.8. The number of rotatable bonds is 6. The van der Waals surface area contributed by atoms with E-state index < -0.39 is 0 Å². The van der Waals surface area contributed by atoms with E-state index in [2.05, 4.69) is 63.5 Å². The van der Waals surface area contributed by atoms with Crippen LogP contribution in [0.2, 0.25) is 0 Å². The van der Waals surface area contributed by atoms with Gasteiger partial charge in [-0.25, -0.2) is 9.67 Å². The third-order valence-corrected chi connectivity index (χ3v) is 5.08. The quantitative estimate of drug-likeness (QED) is 0.422. The molecule has 31 heavy (non-hydrogen) atoms. The fourth-order valence-electron chi connectivity index (χ4n) is 3.13. The molecule has 6 nitrogen and oxygen atoms in total. The molecule has 0 saturated heterocycles. The molecule has 4 rings (SSSR count). The Morgan fingerprint density at radius 3 is 2.35 bits per heavy atom. The van der Waals surface area contributed by atoms with Crippen molar-refractivity contribution in [1.82, 2.24) is 24.5 Å². The van der Waals surface area contributed by atoms with Crippen LogP contribution in [0.15, 0.2) is 79.4 Å². The van der Waals surface area contributed by atoms with Crippen LogP contribution in [0.3, 0.4) is 0 Å². The first kappa shape index (κ1) is 20.3. The summed E-state index contributed by atoms with van der Waals surface area (Å²) in [5.74, 6) is 0. The summed E-state index contributed by atoms with van der Waals surface area (Å²) >= 11 is 0. The monoisotopic (exact) mass is 410 g/mol. The maximum atomic E-state index is 4.46. The van der Waals surface area contributed by atoms with Crippen molar-refractivity contribution in [1.29, 1.82) is 0 Å². The fraction of sp³-hybridized carbons (Fsp3) is 0.160. The maximum absolute atomic E-state index is 4.46. The molecule has 0 aliphatic heterocycles. The molecule has 0 saturated carbocycles. The molecule has 0 radical (unpaired) electrons. The number of benzene rings is 2. The first-order chi connectivity index (χ1) is 15.0. The van der Waals surface area contributed by atoms with E-state index in [1.54, 1.807) is 4.68 Å². The zero-order chi connectivity index (χ0) is 21.8. The van der Waals surface area contributed by atoms with E-state index in [1.165, 1.54) is 5.56 Å². The van der Waals surface area contributed by atoms with E-state index in [1.807, 2.05) is 74.7 Å². The van der Waals surface area contributed by atoms with Crippen molar-refractivity contribution in [3.63, 3.8) is 0 Å². The van der Waals surface area contributed by atoms with Crippen LogP contribution in [0.5, 0.6) is 0 Å². The first-order valence-corrected chi connectivity index (χ1v) is 10.2. The molecule has 0 unspecified atom stereocenters. The molecule has 0 bridgehead atoms. The summed E-state index contributed by atoms with van der Waals surface area (Å²) in [6.45, 7) is 4.11. The Bertz CT molecular complexity index is 1210. The van der Waals surface area contributed by atoms with Gasteiger partial charge in [-0.1, -0.05) is 35.1 Å². The number of nitrogens with zero attached hydrogens (tertiary/aromatic N) is 6. The van der Waals surface area contributed by atoms with Crippen LogP contribution in [-0.4, -0.2) is 38.6 Å². The van der Waals surface area contributed by atoms with E-state index in [0.717, 1.165) is 34.0 Å². The minimum Gasteiger partial charge on any atom is -0.378 e. The third-order valence-electron chi connectivity index (χ3n) is 5.08. The summed E-state index contributed by atoms with van der Waals surface area (Å²) in [5.41, 5.74) is 7.24. The Hall–Kier alpha value is -3.93. The van der Waals surface area contributed by atoms with Gasteiger partial charge < -0.3 is 9.47 Å². The molecule has 0 aliphatic rings. The highest BCUT2D eigenvalue weighted by Crippen LogP contribution is 2.17. The highest BCUT2D eigenvalue weighted by Gasteiger charge is 2.05. The molecule has 4 aromatic rings. The van der Waals surface area contributed by atoms with Gasteiger partial charge in [0.05, 0.1) is 23.9 Å². The molecule has 6 heteroatoms. The maximum Gasteiger partial charge on any atom is 0.109 e. The van der Waals surface area contributed by atoms with Gasteiger partial charge in [0, 0.05) is 31.7 Å². The Kier molecular flexibility index (Phi) is 5.80. The SMILES string of the molecule is C/C(=C\C=C/c1cn(-c2ccc(C)cc2)cn1)c1cn(-c2ccc(N(C)C)cc2)nn1. The van der Waals surface area contributed by atoms with Crippen LogP contribution in [0.1, 0.15) is 23.9 Å². The van der Waals surface area contributed by atoms with Crippen molar-refractivity contribution >= 4 is 17.3 Å². The molecule has 0 amide bonds. The lowest BCUT2D eigenvalue weighted by molar-refractivity contribution is 0.802. The zero-order valence-electron chi connectivity index (χ0n) is 18.3. The predicted octanol–water partition coefficient (Wildman–Crippen LogP) is 4.94. The van der Waals surface area contributed by atoms with Crippen LogP contribution in [0.25, 0.3) is 23.0 Å². The second kappa shape index (κ2) is 8.83. The summed E-state index contributed by atoms with van der Waals surface area (Å²) in [6, 6.07) is 16.6. The Labute approximate surface area is 182 Å². The minimum atomic E-state index is 0.839. The van der Waals surface area contributed by atoms with Crippen LogP contribution >= 0.6 is 0 Å². The number of aromatic nitrogens is 5. The lowest BCUT2D eigenvalue weighted by Gasteiger charge is -2.12. The van der Waals surface area contributed by atoms with Gasteiger partial charge in [-0.15, -0.1) is 5.10 Å². The van der Waals surface area contributed by atoms with Gasteiger partial charge in [0.15, 0.2) is 0 Å². The zero-order valence-corrected chi connectivity index (χ0v) is 18.3. The van der Waals surface area contributed by atoms with Crippen molar-refractivity contribution in [2.45, 2.75) is 13.8 Å². The molecule has 0 N–H and O–H groups in total. The highest BCUT2D eigenvalue weighted by atomic mass is 15.4. The van der Waals surface area contributed by atoms with Crippen molar-refractivity contribution in [2.75, 3.05) is 19.0 Å². The van der Waals surface area contributed by atoms with E-state index in [4.69, 9.17) is 0 Å². The molecule has 0 fully saturated rings. The highest BCUT2D eigenvalue weighted by molar-refractivity contribution is 5.64. The average molecular weight is 411 g/mol. The molecular weight excluding hydrogens is 384 g/mol. The molecule has 0 aliphatic carbocycles. The van der Waals surface area contributed by atoms with Crippen molar-refractivity contribution < 1.29 is 0 Å². The summed E-state index contributed by atoms with van der Waals surface area (Å²) in [5, 5.41) is 8.57. The van der Waals surface area contributed by atoms with Gasteiger partial charge in [0.1, 0.15) is 5.69 Å². The van der Waals surface area contributed by atoms with Gasteiger partial charge in [-0.3, -0.25) is 0 Å². The molecular formula is C25H26N6. The summed E-state index contributed by atoms with van der Waals surface area (Å²) < 4.78 is 3.81. The predicted molar refractivity (Wildman–Crippen MR) is 127 cm³/mol. The molecule has 0 spiro atoms. The largest absolute Gasteiger partial charge is 0.378 e. The lowest BCUT2D eigenvalue weighted by atomic mass is 10.2. The van der Waals surface area contributed by atoms with E-state index in [0.29, 0.717) is 0 Å². The molecule has 2 aromatic heterocycles. The van der Waals surface area contributed by atoms with Crippen LogP contribution in [-0.2, 0) is 0 Å². The van der Waals surface area contributed by atoms with Gasteiger partial charge in [-0.05, 0) is 61.9 Å². The standard InChI is InChI=1S/C25H26N6/c1-19-8-10-23(11-9-19)30-16-21(26-18-30)7-5-6-20(2)25-17-31(28-27-25)24-14-12-22(13-15-24)29(3)4/h5-18H,1-4H3/b7-5-,20-6+. The number of hydrogen-bond acceptors (Lipinski definition) is 4. The molecule has 2 heterocycles. The average Bonchev–Trinajstić information content (AvgIpc) is 3.44. The van der Waals surface area contributed by atoms with Gasteiger partial charge >= 0.3 is 0 Å². The van der Waals surface area contributed by atoms with Crippen molar-refractivity contribution in [3.05, 3.63) is 96.4 Å². The Balaban J connectivity index is 1.44. The first-order valence-electron chi connectivity index (χ1n) is 10.2. The fourth-order valence-corrected chi connectivity index (χ4v) is 3.13. The van der Waals surface area contributed by atoms with E-state index >= 15 is 0 Å². The van der Waals surface area contributed by atoms with Gasteiger partial charge in [0.2, 0.25) is 0 Å². The molecule has 0 atom stereocenters. The third kappa shape index (κ3) is 4.80. The number of aryl methyl sites for hydroxylation is 1. The smallest absolute Gasteiger partial charge is 0.109 e. The summed E-state index contributed by atoms with van der Waals surface area (Å²) in [7, 11) is 4.05. The van der Waals surface area contributed by atoms with Crippen molar-refractivity contribution in [3.8, 4) is 11.4 Å². The topological polar surface area (TPSA) is 51.8 Å². The molecule has 156 valence electrons. The normalized spacial score (nSPS) is 11.9.